The van der Waals surface area contributed by atoms with Gasteiger partial charge in [-0.25, -0.2) is 0 Å². The van der Waals surface area contributed by atoms with Crippen molar-refractivity contribution in [2.24, 2.45) is 4.99 Å². The summed E-state index contributed by atoms with van der Waals surface area (Å²) in [6, 6.07) is 7.66. The lowest BCUT2D eigenvalue weighted by Gasteiger charge is -2.14. The van der Waals surface area contributed by atoms with Gasteiger partial charge in [0.25, 0.3) is 0 Å². The van der Waals surface area contributed by atoms with E-state index in [2.05, 4.69) is 15.6 Å². The molecule has 0 fully saturated rings. The fourth-order valence-corrected chi connectivity index (χ4v) is 1.88. The molecular weight excluding hydrogens is 435 g/mol. The standard InChI is InChI=1S/C17H28N4O3.HI/c1-18-17(19-10-9-16(22)21(2)3)20-14-7-5-8-15(13-14)24-12-6-11-23-4;/h5,7-8,13H,6,9-12H2,1-4H3,(H2,18,19,20);1H. The highest BCUT2D eigenvalue weighted by Gasteiger charge is 2.05. The molecule has 0 aromatic heterocycles. The number of rotatable bonds is 9. The molecular formula is C17H29IN4O3. The average Bonchev–Trinajstić information content (AvgIpc) is 2.58. The van der Waals surface area contributed by atoms with Gasteiger partial charge >= 0.3 is 0 Å². The lowest BCUT2D eigenvalue weighted by atomic mass is 10.3. The number of halogens is 1. The number of hydrogen-bond donors (Lipinski definition) is 2. The number of carbonyl (C=O) groups excluding carboxylic acids is 1. The molecule has 1 aromatic carbocycles. The Balaban J connectivity index is 0.00000576. The Morgan fingerprint density at radius 1 is 1.28 bits per heavy atom. The minimum atomic E-state index is 0. The third-order valence-electron chi connectivity index (χ3n) is 3.21. The van der Waals surface area contributed by atoms with Crippen LogP contribution in [0, 0.1) is 0 Å². The van der Waals surface area contributed by atoms with Gasteiger partial charge in [0.05, 0.1) is 6.61 Å². The first kappa shape index (κ1) is 23.4. The molecule has 1 rings (SSSR count). The number of ether oxygens (including phenoxy) is 2. The lowest BCUT2D eigenvalue weighted by Crippen LogP contribution is -2.34. The maximum atomic E-state index is 11.6. The van der Waals surface area contributed by atoms with Crippen molar-refractivity contribution >= 4 is 41.5 Å². The Kier molecular flexibility index (Phi) is 12.9. The largest absolute Gasteiger partial charge is 0.493 e. The van der Waals surface area contributed by atoms with Crippen LogP contribution in [0.1, 0.15) is 12.8 Å². The molecule has 142 valence electrons. The molecule has 0 saturated carbocycles. The summed E-state index contributed by atoms with van der Waals surface area (Å²) in [6.45, 7) is 1.81. The van der Waals surface area contributed by atoms with Crippen LogP contribution in [0.3, 0.4) is 0 Å². The zero-order valence-corrected chi connectivity index (χ0v) is 17.7. The van der Waals surface area contributed by atoms with Crippen molar-refractivity contribution in [3.63, 3.8) is 0 Å². The summed E-state index contributed by atoms with van der Waals surface area (Å²) in [7, 11) is 6.85. The van der Waals surface area contributed by atoms with Gasteiger partial charge in [-0.05, 0) is 12.1 Å². The Hall–Kier alpha value is -1.55. The van der Waals surface area contributed by atoms with Crippen molar-refractivity contribution < 1.29 is 14.3 Å². The highest BCUT2D eigenvalue weighted by atomic mass is 127. The summed E-state index contributed by atoms with van der Waals surface area (Å²) in [5, 5.41) is 6.30. The quantitative estimate of drug-likeness (QED) is 0.254. The van der Waals surface area contributed by atoms with Crippen molar-refractivity contribution in [2.45, 2.75) is 12.8 Å². The predicted octanol–water partition coefficient (Wildman–Crippen LogP) is 2.19. The van der Waals surface area contributed by atoms with E-state index in [0.29, 0.717) is 32.1 Å². The maximum absolute atomic E-state index is 11.6. The van der Waals surface area contributed by atoms with Gasteiger partial charge in [0.2, 0.25) is 5.91 Å². The number of carbonyl (C=O) groups is 1. The van der Waals surface area contributed by atoms with Crippen LogP contribution in [0.15, 0.2) is 29.3 Å². The molecule has 0 heterocycles. The maximum Gasteiger partial charge on any atom is 0.223 e. The molecule has 0 unspecified atom stereocenters. The number of hydrogen-bond acceptors (Lipinski definition) is 4. The number of methoxy groups -OCH3 is 1. The highest BCUT2D eigenvalue weighted by Crippen LogP contribution is 2.17. The minimum Gasteiger partial charge on any atom is -0.493 e. The molecule has 0 aliphatic carbocycles. The summed E-state index contributed by atoms with van der Waals surface area (Å²) in [4.78, 5) is 17.3. The number of nitrogens with one attached hydrogen (secondary N) is 2. The van der Waals surface area contributed by atoms with E-state index < -0.39 is 0 Å². The number of nitrogens with zero attached hydrogens (tertiary/aromatic N) is 2. The summed E-state index contributed by atoms with van der Waals surface area (Å²) < 4.78 is 10.7. The number of amides is 1. The van der Waals surface area contributed by atoms with Crippen molar-refractivity contribution in [3.05, 3.63) is 24.3 Å². The van der Waals surface area contributed by atoms with Gasteiger partial charge in [0, 0.05) is 66.0 Å². The number of guanidine groups is 1. The summed E-state index contributed by atoms with van der Waals surface area (Å²) in [5.74, 6) is 1.47. The monoisotopic (exact) mass is 464 g/mol. The lowest BCUT2D eigenvalue weighted by molar-refractivity contribution is -0.128. The first-order valence-electron chi connectivity index (χ1n) is 7.96. The normalized spacial score (nSPS) is 10.6. The van der Waals surface area contributed by atoms with Gasteiger partial charge in [-0.15, -0.1) is 24.0 Å². The van der Waals surface area contributed by atoms with E-state index in [1.54, 1.807) is 33.2 Å². The molecule has 0 radical (unpaired) electrons. The van der Waals surface area contributed by atoms with Crippen molar-refractivity contribution in [1.29, 1.82) is 0 Å². The van der Waals surface area contributed by atoms with E-state index in [1.165, 1.54) is 0 Å². The second-order valence-electron chi connectivity index (χ2n) is 5.38. The van der Waals surface area contributed by atoms with Crippen LogP contribution >= 0.6 is 24.0 Å². The third kappa shape index (κ3) is 10.1. The van der Waals surface area contributed by atoms with Gasteiger partial charge in [0.1, 0.15) is 5.75 Å². The van der Waals surface area contributed by atoms with Gasteiger partial charge < -0.3 is 25.0 Å². The van der Waals surface area contributed by atoms with Gasteiger partial charge in [-0.3, -0.25) is 9.79 Å². The van der Waals surface area contributed by atoms with E-state index >= 15 is 0 Å². The van der Waals surface area contributed by atoms with Gasteiger partial charge in [0.15, 0.2) is 5.96 Å². The molecule has 8 heteroatoms. The summed E-state index contributed by atoms with van der Waals surface area (Å²) in [6.07, 6.45) is 1.26. The molecule has 0 bridgehead atoms. The van der Waals surface area contributed by atoms with Gasteiger partial charge in [-0.1, -0.05) is 6.07 Å². The number of benzene rings is 1. The number of anilines is 1. The van der Waals surface area contributed by atoms with E-state index in [4.69, 9.17) is 9.47 Å². The fraction of sp³-hybridized carbons (Fsp3) is 0.529. The topological polar surface area (TPSA) is 75.2 Å². The molecule has 0 aliphatic rings. The molecule has 1 amide bonds. The third-order valence-corrected chi connectivity index (χ3v) is 3.21. The van der Waals surface area contributed by atoms with E-state index in [9.17, 15) is 4.79 Å². The zero-order valence-electron chi connectivity index (χ0n) is 15.4. The molecule has 0 saturated heterocycles. The van der Waals surface area contributed by atoms with E-state index in [0.717, 1.165) is 17.9 Å². The SMILES string of the molecule is CN=C(NCCC(=O)N(C)C)Nc1cccc(OCCCOC)c1.I. The predicted molar refractivity (Wildman–Crippen MR) is 112 cm³/mol. The minimum absolute atomic E-state index is 0. The van der Waals surface area contributed by atoms with E-state index in [1.807, 2.05) is 24.3 Å². The van der Waals surface area contributed by atoms with Crippen LogP contribution in [0.2, 0.25) is 0 Å². The van der Waals surface area contributed by atoms with E-state index in [-0.39, 0.29) is 29.9 Å². The van der Waals surface area contributed by atoms with Crippen LogP contribution in [0.4, 0.5) is 5.69 Å². The first-order chi connectivity index (χ1) is 11.6. The van der Waals surface area contributed by atoms with Crippen LogP contribution in [0.25, 0.3) is 0 Å². The van der Waals surface area contributed by atoms with Crippen LogP contribution in [0.5, 0.6) is 5.75 Å². The molecule has 25 heavy (non-hydrogen) atoms. The summed E-state index contributed by atoms with van der Waals surface area (Å²) >= 11 is 0. The first-order valence-corrected chi connectivity index (χ1v) is 7.96. The zero-order chi connectivity index (χ0) is 17.8. The Bertz CT molecular complexity index is 538. The van der Waals surface area contributed by atoms with Gasteiger partial charge in [-0.2, -0.15) is 0 Å². The molecule has 0 spiro atoms. The smallest absolute Gasteiger partial charge is 0.223 e. The molecule has 0 atom stereocenters. The molecule has 2 N–H and O–H groups in total. The average molecular weight is 464 g/mol. The molecule has 0 aliphatic heterocycles. The molecule has 7 nitrogen and oxygen atoms in total. The molecule has 1 aromatic rings. The van der Waals surface area contributed by atoms with Crippen LogP contribution in [-0.4, -0.2) is 64.8 Å². The Labute approximate surface area is 167 Å². The Morgan fingerprint density at radius 2 is 2.04 bits per heavy atom. The fourth-order valence-electron chi connectivity index (χ4n) is 1.88. The second-order valence-corrected chi connectivity index (χ2v) is 5.38. The second kappa shape index (κ2) is 13.7. The number of aliphatic imine (C=N–C) groups is 1. The van der Waals surface area contributed by atoms with Crippen molar-refractivity contribution in [1.82, 2.24) is 10.2 Å². The van der Waals surface area contributed by atoms with Crippen molar-refractivity contribution in [3.8, 4) is 5.75 Å². The summed E-state index contributed by atoms with van der Waals surface area (Å²) in [5.41, 5.74) is 0.867. The van der Waals surface area contributed by atoms with Crippen LogP contribution in [-0.2, 0) is 9.53 Å². The highest BCUT2D eigenvalue weighted by molar-refractivity contribution is 14.0. The Morgan fingerprint density at radius 3 is 2.68 bits per heavy atom. The van der Waals surface area contributed by atoms with Crippen LogP contribution < -0.4 is 15.4 Å². The van der Waals surface area contributed by atoms with Crippen molar-refractivity contribution in [2.75, 3.05) is 53.3 Å².